The maximum atomic E-state index is 12.5. The summed E-state index contributed by atoms with van der Waals surface area (Å²) in [7, 11) is -3.82. The number of allylic oxidation sites excluding steroid dienone is 1. The van der Waals surface area contributed by atoms with Crippen molar-refractivity contribution >= 4 is 21.9 Å². The highest BCUT2D eigenvalue weighted by Gasteiger charge is 2.30. The highest BCUT2D eigenvalue weighted by atomic mass is 32.2. The monoisotopic (exact) mass is 369 g/mol. The number of alkyl halides is 3. The Labute approximate surface area is 142 Å². The van der Waals surface area contributed by atoms with E-state index in [1.807, 2.05) is 24.3 Å². The Balaban J connectivity index is 1.72. The number of hydrogen-bond acceptors (Lipinski definition) is 4. The Hall–Kier alpha value is -2.39. The third kappa shape index (κ3) is 3.99. The van der Waals surface area contributed by atoms with Gasteiger partial charge in [-0.1, -0.05) is 24.3 Å². The number of aryl methyl sites for hydroxylation is 1. The van der Waals surface area contributed by atoms with Gasteiger partial charge in [0.05, 0.1) is 10.5 Å². The maximum absolute atomic E-state index is 12.5. The van der Waals surface area contributed by atoms with Gasteiger partial charge < -0.3 is 0 Å². The molecule has 0 radical (unpaired) electrons. The number of fused-ring (bicyclic) bond motifs is 1. The molecule has 2 N–H and O–H groups in total. The zero-order chi connectivity index (χ0) is 18.1. The van der Waals surface area contributed by atoms with E-state index >= 15 is 0 Å². The fourth-order valence-electron chi connectivity index (χ4n) is 2.44. The summed E-state index contributed by atoms with van der Waals surface area (Å²) in [5.41, 5.74) is 3.32. The lowest BCUT2D eigenvalue weighted by Gasteiger charge is -2.17. The third-order valence-electron chi connectivity index (χ3n) is 3.76. The predicted molar refractivity (Wildman–Crippen MR) is 87.7 cm³/mol. The van der Waals surface area contributed by atoms with Crippen molar-refractivity contribution in [2.24, 2.45) is 0 Å². The second-order valence-electron chi connectivity index (χ2n) is 5.47. The Morgan fingerprint density at radius 2 is 1.80 bits per heavy atom. The summed E-state index contributed by atoms with van der Waals surface area (Å²) in [5, 5.41) is 0. The summed E-state index contributed by atoms with van der Waals surface area (Å²) in [6, 6.07) is 9.35. The van der Waals surface area contributed by atoms with Crippen LogP contribution < -0.4 is 10.3 Å². The van der Waals surface area contributed by atoms with Crippen LogP contribution in [0.2, 0.25) is 0 Å². The van der Waals surface area contributed by atoms with E-state index in [2.05, 4.69) is 15.2 Å². The molecule has 0 saturated carbocycles. The quantitative estimate of drug-likeness (QED) is 0.811. The lowest BCUT2D eigenvalue weighted by molar-refractivity contribution is -0.137. The fourth-order valence-corrected chi connectivity index (χ4v) is 3.46. The SMILES string of the molecule is O=S(=O)(NNc1ccc(C(F)(F)F)cn1)C1=Cc2ccccc2CC1. The van der Waals surface area contributed by atoms with Gasteiger partial charge in [0.2, 0.25) is 0 Å². The maximum Gasteiger partial charge on any atom is 0.417 e. The van der Waals surface area contributed by atoms with Crippen molar-refractivity contribution in [3.8, 4) is 0 Å². The molecule has 9 heteroatoms. The number of hydrogen-bond donors (Lipinski definition) is 2. The summed E-state index contributed by atoms with van der Waals surface area (Å²) in [5.74, 6) is -0.0339. The minimum Gasteiger partial charge on any atom is -0.292 e. The van der Waals surface area contributed by atoms with Crippen molar-refractivity contribution in [1.29, 1.82) is 0 Å². The first-order chi connectivity index (χ1) is 11.8. The van der Waals surface area contributed by atoms with E-state index in [0.717, 1.165) is 23.3 Å². The lowest BCUT2D eigenvalue weighted by atomic mass is 9.98. The first-order valence-corrected chi connectivity index (χ1v) is 8.83. The number of aromatic nitrogens is 1. The van der Waals surface area contributed by atoms with Crippen molar-refractivity contribution in [2.75, 3.05) is 5.43 Å². The van der Waals surface area contributed by atoms with Crippen molar-refractivity contribution in [3.63, 3.8) is 0 Å². The molecule has 0 spiro atoms. The van der Waals surface area contributed by atoms with E-state index in [-0.39, 0.29) is 10.7 Å². The topological polar surface area (TPSA) is 71.1 Å². The molecule has 1 aromatic carbocycles. The first-order valence-electron chi connectivity index (χ1n) is 7.35. The van der Waals surface area contributed by atoms with Gasteiger partial charge in [-0.2, -0.15) is 13.2 Å². The molecule has 0 saturated heterocycles. The molecule has 5 nitrogen and oxygen atoms in total. The Morgan fingerprint density at radius 1 is 1.04 bits per heavy atom. The number of rotatable bonds is 4. The summed E-state index contributed by atoms with van der Waals surface area (Å²) in [6.07, 6.45) is -1.34. The van der Waals surface area contributed by atoms with Gasteiger partial charge in [0, 0.05) is 6.20 Å². The van der Waals surface area contributed by atoms with Crippen LogP contribution in [-0.2, 0) is 22.6 Å². The Morgan fingerprint density at radius 3 is 2.48 bits per heavy atom. The summed E-state index contributed by atoms with van der Waals surface area (Å²) < 4.78 is 62.1. The molecule has 1 aromatic heterocycles. The number of anilines is 1. The van der Waals surface area contributed by atoms with Crippen LogP contribution in [0.25, 0.3) is 6.08 Å². The number of pyridine rings is 1. The van der Waals surface area contributed by atoms with Crippen LogP contribution in [-0.4, -0.2) is 13.4 Å². The van der Waals surface area contributed by atoms with Crippen LogP contribution in [0.15, 0.2) is 47.5 Å². The van der Waals surface area contributed by atoms with Crippen LogP contribution in [0, 0.1) is 0 Å². The molecule has 3 rings (SSSR count). The van der Waals surface area contributed by atoms with E-state index in [1.54, 1.807) is 6.08 Å². The van der Waals surface area contributed by atoms with E-state index in [9.17, 15) is 21.6 Å². The largest absolute Gasteiger partial charge is 0.417 e. The molecule has 0 unspecified atom stereocenters. The standard InChI is InChI=1S/C16H14F3N3O2S/c17-16(18,19)13-6-8-15(20-10-13)21-22-25(23,24)14-7-5-11-3-1-2-4-12(11)9-14/h1-4,6,8-10,22H,5,7H2,(H,20,21). The highest BCUT2D eigenvalue weighted by molar-refractivity contribution is 7.93. The van der Waals surface area contributed by atoms with Gasteiger partial charge in [-0.25, -0.2) is 13.4 Å². The average Bonchev–Trinajstić information content (AvgIpc) is 2.59. The first kappa shape index (κ1) is 17.4. The van der Waals surface area contributed by atoms with E-state index in [1.165, 1.54) is 0 Å². The Kier molecular flexibility index (Phi) is 4.53. The van der Waals surface area contributed by atoms with Gasteiger partial charge in [-0.05, 0) is 42.2 Å². The molecule has 0 fully saturated rings. The summed E-state index contributed by atoms with van der Waals surface area (Å²) >= 11 is 0. The molecule has 2 aromatic rings. The number of hydrazine groups is 1. The molecule has 1 aliphatic rings. The van der Waals surface area contributed by atoms with Gasteiger partial charge in [0.1, 0.15) is 5.82 Å². The summed E-state index contributed by atoms with van der Waals surface area (Å²) in [4.78, 5) is 5.90. The minimum absolute atomic E-state index is 0.0339. The fraction of sp³-hybridized carbons (Fsp3) is 0.188. The zero-order valence-electron chi connectivity index (χ0n) is 12.8. The van der Waals surface area contributed by atoms with Crippen LogP contribution >= 0.6 is 0 Å². The van der Waals surface area contributed by atoms with Crippen LogP contribution in [0.4, 0.5) is 19.0 Å². The molecule has 0 bridgehead atoms. The summed E-state index contributed by atoms with van der Waals surface area (Å²) in [6.45, 7) is 0. The van der Waals surface area contributed by atoms with E-state index < -0.39 is 21.8 Å². The van der Waals surface area contributed by atoms with E-state index in [4.69, 9.17) is 0 Å². The molecular formula is C16H14F3N3O2S. The molecule has 132 valence electrons. The van der Waals surface area contributed by atoms with E-state index in [0.29, 0.717) is 19.0 Å². The second-order valence-corrected chi connectivity index (χ2v) is 7.21. The number of halogens is 3. The number of benzene rings is 1. The van der Waals surface area contributed by atoms with Crippen molar-refractivity contribution < 1.29 is 21.6 Å². The number of nitrogens with one attached hydrogen (secondary N) is 2. The average molecular weight is 369 g/mol. The molecule has 0 amide bonds. The van der Waals surface area contributed by atoms with Gasteiger partial charge in [-0.15, -0.1) is 4.83 Å². The number of nitrogens with zero attached hydrogens (tertiary/aromatic N) is 1. The van der Waals surface area contributed by atoms with Crippen molar-refractivity contribution in [2.45, 2.75) is 19.0 Å². The normalized spacial score (nSPS) is 14.6. The second kappa shape index (κ2) is 6.49. The highest BCUT2D eigenvalue weighted by Crippen LogP contribution is 2.29. The van der Waals surface area contributed by atoms with Gasteiger partial charge in [0.25, 0.3) is 10.0 Å². The van der Waals surface area contributed by atoms with Crippen LogP contribution in [0.5, 0.6) is 0 Å². The van der Waals surface area contributed by atoms with Crippen molar-refractivity contribution in [1.82, 2.24) is 9.82 Å². The molecule has 0 atom stereocenters. The van der Waals surface area contributed by atoms with Crippen LogP contribution in [0.1, 0.15) is 23.1 Å². The predicted octanol–water partition coefficient (Wildman–Crippen LogP) is 3.33. The molecule has 25 heavy (non-hydrogen) atoms. The minimum atomic E-state index is -4.49. The smallest absolute Gasteiger partial charge is 0.292 e. The zero-order valence-corrected chi connectivity index (χ0v) is 13.7. The molecular weight excluding hydrogens is 355 g/mol. The third-order valence-corrected chi connectivity index (χ3v) is 5.14. The lowest BCUT2D eigenvalue weighted by Crippen LogP contribution is -2.31. The van der Waals surface area contributed by atoms with Crippen molar-refractivity contribution in [3.05, 3.63) is 64.2 Å². The molecule has 0 aliphatic heterocycles. The Bertz CT molecular complexity index is 907. The van der Waals surface area contributed by atoms with Crippen LogP contribution in [0.3, 0.4) is 0 Å². The van der Waals surface area contributed by atoms with Gasteiger partial charge in [-0.3, -0.25) is 5.43 Å². The molecule has 1 heterocycles. The molecule has 1 aliphatic carbocycles. The van der Waals surface area contributed by atoms with Gasteiger partial charge >= 0.3 is 6.18 Å². The van der Waals surface area contributed by atoms with Gasteiger partial charge in [0.15, 0.2) is 0 Å². The number of sulfonamides is 1.